The van der Waals surface area contributed by atoms with Crippen LogP contribution in [0.1, 0.15) is 17.2 Å². The number of nitrogens with zero attached hydrogens (tertiary/aromatic N) is 1. The number of benzene rings is 2. The molecule has 26 heavy (non-hydrogen) atoms. The van der Waals surface area contributed by atoms with Crippen LogP contribution in [0.15, 0.2) is 36.4 Å². The van der Waals surface area contributed by atoms with E-state index in [-0.39, 0.29) is 6.04 Å². The smallest absolute Gasteiger partial charge is 0.164 e. The molecular weight excluding hydrogens is 352 g/mol. The van der Waals surface area contributed by atoms with Crippen molar-refractivity contribution in [1.82, 2.24) is 10.2 Å². The van der Waals surface area contributed by atoms with Gasteiger partial charge in [0.2, 0.25) is 0 Å². The van der Waals surface area contributed by atoms with Gasteiger partial charge in [0.1, 0.15) is 5.75 Å². The third-order valence-corrected chi connectivity index (χ3v) is 4.95. The molecule has 1 heterocycles. The molecule has 1 fully saturated rings. The van der Waals surface area contributed by atoms with Crippen LogP contribution in [0.5, 0.6) is 17.2 Å². The summed E-state index contributed by atoms with van der Waals surface area (Å²) in [4.78, 5) is 2.44. The number of piperazine rings is 1. The van der Waals surface area contributed by atoms with Gasteiger partial charge in [-0.05, 0) is 23.8 Å². The highest BCUT2D eigenvalue weighted by Gasteiger charge is 2.28. The van der Waals surface area contributed by atoms with Gasteiger partial charge in [-0.15, -0.1) is 0 Å². The lowest BCUT2D eigenvalue weighted by Gasteiger charge is -2.36. The maximum Gasteiger partial charge on any atom is 0.164 e. The first-order chi connectivity index (χ1) is 12.7. The summed E-state index contributed by atoms with van der Waals surface area (Å²) in [7, 11) is 4.95. The molecule has 3 rings (SSSR count). The quantitative estimate of drug-likeness (QED) is 0.837. The SMILES string of the molecule is COc1cc(OC)c(C(c2cccc(Cl)c2)N2CCNCC2)cc1OC. The number of hydrogen-bond acceptors (Lipinski definition) is 5. The first-order valence-corrected chi connectivity index (χ1v) is 9.06. The van der Waals surface area contributed by atoms with Crippen molar-refractivity contribution in [1.29, 1.82) is 0 Å². The van der Waals surface area contributed by atoms with Crippen LogP contribution >= 0.6 is 11.6 Å². The second kappa shape index (κ2) is 8.62. The van der Waals surface area contributed by atoms with Crippen LogP contribution in [0.3, 0.4) is 0 Å². The average Bonchev–Trinajstić information content (AvgIpc) is 2.68. The molecule has 1 aliphatic heterocycles. The van der Waals surface area contributed by atoms with Gasteiger partial charge in [0, 0.05) is 42.8 Å². The van der Waals surface area contributed by atoms with E-state index in [1.54, 1.807) is 21.3 Å². The normalized spacial score (nSPS) is 16.2. The molecule has 5 nitrogen and oxygen atoms in total. The molecule has 0 amide bonds. The maximum absolute atomic E-state index is 6.29. The molecule has 6 heteroatoms. The first-order valence-electron chi connectivity index (χ1n) is 8.68. The molecule has 0 bridgehead atoms. The largest absolute Gasteiger partial charge is 0.496 e. The summed E-state index contributed by atoms with van der Waals surface area (Å²) in [6.45, 7) is 3.78. The lowest BCUT2D eigenvalue weighted by Crippen LogP contribution is -2.45. The molecule has 1 aliphatic rings. The molecule has 0 saturated carbocycles. The van der Waals surface area contributed by atoms with E-state index in [1.165, 1.54) is 0 Å². The van der Waals surface area contributed by atoms with Crippen LogP contribution in [-0.4, -0.2) is 52.4 Å². The summed E-state index contributed by atoms with van der Waals surface area (Å²) in [6, 6.07) is 11.9. The Morgan fingerprint density at radius 1 is 0.923 bits per heavy atom. The minimum Gasteiger partial charge on any atom is -0.496 e. The van der Waals surface area contributed by atoms with E-state index in [2.05, 4.69) is 16.3 Å². The molecule has 0 spiro atoms. The Bertz CT molecular complexity index is 748. The van der Waals surface area contributed by atoms with Gasteiger partial charge in [-0.2, -0.15) is 0 Å². The van der Waals surface area contributed by atoms with Crippen LogP contribution in [0.4, 0.5) is 0 Å². The highest BCUT2D eigenvalue weighted by Crippen LogP contribution is 2.42. The minimum absolute atomic E-state index is 0.0190. The van der Waals surface area contributed by atoms with Crippen LogP contribution in [0.2, 0.25) is 5.02 Å². The zero-order valence-corrected chi connectivity index (χ0v) is 16.2. The Labute approximate surface area is 159 Å². The molecule has 1 unspecified atom stereocenters. The molecule has 2 aromatic carbocycles. The fourth-order valence-electron chi connectivity index (χ4n) is 3.47. The van der Waals surface area contributed by atoms with Crippen LogP contribution in [0.25, 0.3) is 0 Å². The molecule has 0 aromatic heterocycles. The van der Waals surface area contributed by atoms with Gasteiger partial charge < -0.3 is 19.5 Å². The number of halogens is 1. The van der Waals surface area contributed by atoms with Crippen molar-refractivity contribution in [2.24, 2.45) is 0 Å². The Hall–Kier alpha value is -1.95. The van der Waals surface area contributed by atoms with Gasteiger partial charge in [0.05, 0.1) is 27.4 Å². The van der Waals surface area contributed by atoms with E-state index in [0.717, 1.165) is 48.1 Å². The highest BCUT2D eigenvalue weighted by atomic mass is 35.5. The van der Waals surface area contributed by atoms with Gasteiger partial charge in [-0.3, -0.25) is 4.90 Å². The van der Waals surface area contributed by atoms with Crippen molar-refractivity contribution < 1.29 is 14.2 Å². The van der Waals surface area contributed by atoms with Crippen LogP contribution in [0, 0.1) is 0 Å². The maximum atomic E-state index is 6.29. The topological polar surface area (TPSA) is 43.0 Å². The van der Waals surface area contributed by atoms with E-state index in [0.29, 0.717) is 11.5 Å². The fraction of sp³-hybridized carbons (Fsp3) is 0.400. The van der Waals surface area contributed by atoms with Crippen molar-refractivity contribution in [2.45, 2.75) is 6.04 Å². The van der Waals surface area contributed by atoms with Crippen molar-refractivity contribution in [3.05, 3.63) is 52.5 Å². The minimum atomic E-state index is 0.0190. The molecule has 1 N–H and O–H groups in total. The Morgan fingerprint density at radius 2 is 1.58 bits per heavy atom. The van der Waals surface area contributed by atoms with E-state index >= 15 is 0 Å². The van der Waals surface area contributed by atoms with Crippen LogP contribution in [-0.2, 0) is 0 Å². The van der Waals surface area contributed by atoms with Gasteiger partial charge in [-0.1, -0.05) is 23.7 Å². The number of rotatable bonds is 6. The fourth-order valence-corrected chi connectivity index (χ4v) is 3.67. The summed E-state index contributed by atoms with van der Waals surface area (Å²) in [6.07, 6.45) is 0. The lowest BCUT2D eigenvalue weighted by atomic mass is 9.95. The van der Waals surface area contributed by atoms with Gasteiger partial charge in [0.15, 0.2) is 11.5 Å². The highest BCUT2D eigenvalue weighted by molar-refractivity contribution is 6.30. The average molecular weight is 377 g/mol. The van der Waals surface area contributed by atoms with Gasteiger partial charge in [0.25, 0.3) is 0 Å². The predicted octanol–water partition coefficient (Wildman–Crippen LogP) is 3.36. The molecule has 0 radical (unpaired) electrons. The molecule has 0 aliphatic carbocycles. The second-order valence-electron chi connectivity index (χ2n) is 6.19. The molecular formula is C20H25ClN2O3. The summed E-state index contributed by atoms with van der Waals surface area (Å²) in [5, 5.41) is 4.13. The monoisotopic (exact) mass is 376 g/mol. The molecule has 2 aromatic rings. The van der Waals surface area contributed by atoms with Crippen molar-refractivity contribution in [2.75, 3.05) is 47.5 Å². The standard InChI is InChI=1S/C20H25ClN2O3/c1-24-17-13-19(26-3)18(25-2)12-16(17)20(23-9-7-22-8-10-23)14-5-4-6-15(21)11-14/h4-6,11-13,20,22H,7-10H2,1-3H3. The van der Waals surface area contributed by atoms with Crippen molar-refractivity contribution in [3.8, 4) is 17.2 Å². The summed E-state index contributed by atoms with van der Waals surface area (Å²) in [5.74, 6) is 2.11. The number of hydrogen-bond donors (Lipinski definition) is 1. The van der Waals surface area contributed by atoms with E-state index in [9.17, 15) is 0 Å². The Balaban J connectivity index is 2.14. The Kier molecular flexibility index (Phi) is 6.25. The van der Waals surface area contributed by atoms with Gasteiger partial charge in [-0.25, -0.2) is 0 Å². The van der Waals surface area contributed by atoms with Crippen molar-refractivity contribution in [3.63, 3.8) is 0 Å². The van der Waals surface area contributed by atoms with Crippen LogP contribution < -0.4 is 19.5 Å². The lowest BCUT2D eigenvalue weighted by molar-refractivity contribution is 0.195. The van der Waals surface area contributed by atoms with E-state index < -0.39 is 0 Å². The molecule has 140 valence electrons. The van der Waals surface area contributed by atoms with Gasteiger partial charge >= 0.3 is 0 Å². The van der Waals surface area contributed by atoms with Crippen molar-refractivity contribution >= 4 is 11.6 Å². The predicted molar refractivity (Wildman–Crippen MR) is 104 cm³/mol. The number of ether oxygens (including phenoxy) is 3. The third-order valence-electron chi connectivity index (χ3n) is 4.71. The van der Waals surface area contributed by atoms with E-state index in [1.807, 2.05) is 30.3 Å². The summed E-state index contributed by atoms with van der Waals surface area (Å²) >= 11 is 6.29. The summed E-state index contributed by atoms with van der Waals surface area (Å²) < 4.78 is 16.7. The Morgan fingerprint density at radius 3 is 2.19 bits per heavy atom. The van der Waals surface area contributed by atoms with E-state index in [4.69, 9.17) is 25.8 Å². The zero-order valence-electron chi connectivity index (χ0n) is 15.4. The second-order valence-corrected chi connectivity index (χ2v) is 6.63. The number of methoxy groups -OCH3 is 3. The first kappa shape index (κ1) is 18.8. The molecule has 1 saturated heterocycles. The third kappa shape index (κ3) is 3.90. The summed E-state index contributed by atoms with van der Waals surface area (Å²) in [5.41, 5.74) is 2.17. The molecule has 1 atom stereocenters. The zero-order chi connectivity index (χ0) is 18.5. The number of nitrogens with one attached hydrogen (secondary N) is 1.